The van der Waals surface area contributed by atoms with Gasteiger partial charge in [-0.3, -0.25) is 4.79 Å². The fourth-order valence-electron chi connectivity index (χ4n) is 1.94. The average Bonchev–Trinajstić information content (AvgIpc) is 2.25. The second-order valence-electron chi connectivity index (χ2n) is 4.46. The predicted octanol–water partition coefficient (Wildman–Crippen LogP) is 3.11. The minimum absolute atomic E-state index is 0.0236. The number of hydrogen-bond acceptors (Lipinski definition) is 2. The van der Waals surface area contributed by atoms with Crippen LogP contribution in [0, 0.1) is 5.41 Å². The summed E-state index contributed by atoms with van der Waals surface area (Å²) in [5.74, 6) is 0.364. The molecule has 90 valence electrons. The molecule has 0 spiro atoms. The van der Waals surface area contributed by atoms with Crippen molar-refractivity contribution in [2.24, 2.45) is 5.41 Å². The molecular formula is C13H27NO. The van der Waals surface area contributed by atoms with Crippen molar-refractivity contribution in [3.05, 3.63) is 0 Å². The summed E-state index contributed by atoms with van der Waals surface area (Å²) in [5.41, 5.74) is -0.0236. The van der Waals surface area contributed by atoms with E-state index in [4.69, 9.17) is 0 Å². The van der Waals surface area contributed by atoms with Gasteiger partial charge in [0.25, 0.3) is 0 Å². The highest BCUT2D eigenvalue weighted by Crippen LogP contribution is 2.31. The minimum atomic E-state index is -0.0236. The topological polar surface area (TPSA) is 20.3 Å². The molecule has 0 aromatic carbocycles. The summed E-state index contributed by atoms with van der Waals surface area (Å²) in [5, 5.41) is 0. The molecule has 0 aliphatic carbocycles. The zero-order valence-corrected chi connectivity index (χ0v) is 11.1. The van der Waals surface area contributed by atoms with Gasteiger partial charge in [0, 0.05) is 5.41 Å². The maximum absolute atomic E-state index is 11.4. The predicted molar refractivity (Wildman–Crippen MR) is 66.1 cm³/mol. The lowest BCUT2D eigenvalue weighted by molar-refractivity contribution is -0.128. The summed E-state index contributed by atoms with van der Waals surface area (Å²) < 4.78 is 0. The van der Waals surface area contributed by atoms with Gasteiger partial charge in [-0.2, -0.15) is 0 Å². The van der Waals surface area contributed by atoms with E-state index in [0.717, 1.165) is 25.9 Å². The average molecular weight is 213 g/mol. The zero-order valence-electron chi connectivity index (χ0n) is 11.1. The molecule has 0 radical (unpaired) electrons. The van der Waals surface area contributed by atoms with Crippen LogP contribution in [0.15, 0.2) is 0 Å². The highest BCUT2D eigenvalue weighted by Gasteiger charge is 2.33. The first-order chi connectivity index (χ1) is 7.08. The minimum Gasteiger partial charge on any atom is -0.303 e. The number of hydrogen-bond donors (Lipinski definition) is 0. The van der Waals surface area contributed by atoms with Gasteiger partial charge in [0.2, 0.25) is 0 Å². The normalized spacial score (nSPS) is 20.3. The van der Waals surface area contributed by atoms with Crippen LogP contribution in [0.25, 0.3) is 0 Å². The fourth-order valence-corrected chi connectivity index (χ4v) is 1.94. The number of carbonyl (C=O) groups excluding carboxylic acids is 1. The van der Waals surface area contributed by atoms with Crippen molar-refractivity contribution in [3.63, 3.8) is 0 Å². The van der Waals surface area contributed by atoms with Gasteiger partial charge in [0.15, 0.2) is 0 Å². The van der Waals surface area contributed by atoms with Crippen molar-refractivity contribution in [2.75, 3.05) is 19.6 Å². The molecule has 1 aliphatic heterocycles. The summed E-state index contributed by atoms with van der Waals surface area (Å²) in [7, 11) is 0. The smallest absolute Gasteiger partial charge is 0.135 e. The Hall–Kier alpha value is -0.370. The molecule has 1 aliphatic rings. The van der Waals surface area contributed by atoms with E-state index in [1.807, 2.05) is 13.8 Å². The number of ketones is 1. The monoisotopic (exact) mass is 213 g/mol. The molecule has 1 heterocycles. The van der Waals surface area contributed by atoms with Crippen LogP contribution in [-0.2, 0) is 4.79 Å². The summed E-state index contributed by atoms with van der Waals surface area (Å²) in [6, 6.07) is 0. The van der Waals surface area contributed by atoms with Crippen molar-refractivity contribution in [2.45, 2.75) is 53.9 Å². The number of carbonyl (C=O) groups is 1. The van der Waals surface area contributed by atoms with Crippen LogP contribution in [0.2, 0.25) is 0 Å². The maximum Gasteiger partial charge on any atom is 0.135 e. The Labute approximate surface area is 95.0 Å². The van der Waals surface area contributed by atoms with Gasteiger partial charge in [0.05, 0.1) is 0 Å². The van der Waals surface area contributed by atoms with E-state index in [-0.39, 0.29) is 5.41 Å². The Bertz CT molecular complexity index is 181. The molecule has 0 aromatic rings. The quantitative estimate of drug-likeness (QED) is 0.718. The van der Waals surface area contributed by atoms with Crippen molar-refractivity contribution in [1.29, 1.82) is 0 Å². The Balaban J connectivity index is 0.000000921. The third-order valence-corrected chi connectivity index (χ3v) is 3.35. The molecule has 0 amide bonds. The number of nitrogens with zero attached hydrogens (tertiary/aromatic N) is 1. The van der Waals surface area contributed by atoms with Crippen LogP contribution in [0.5, 0.6) is 0 Å². The molecule has 2 heteroatoms. The second kappa shape index (κ2) is 7.00. The van der Waals surface area contributed by atoms with E-state index in [1.165, 1.54) is 13.0 Å². The Kier molecular flexibility index (Phi) is 6.82. The van der Waals surface area contributed by atoms with Gasteiger partial charge in [-0.1, -0.05) is 27.7 Å². The molecule has 0 aromatic heterocycles. The first kappa shape index (κ1) is 14.6. The van der Waals surface area contributed by atoms with Crippen LogP contribution < -0.4 is 0 Å². The molecular weight excluding hydrogens is 186 g/mol. The largest absolute Gasteiger partial charge is 0.303 e. The van der Waals surface area contributed by atoms with E-state index in [2.05, 4.69) is 18.7 Å². The third kappa shape index (κ3) is 4.33. The first-order valence-electron chi connectivity index (χ1n) is 6.32. The van der Waals surface area contributed by atoms with Gasteiger partial charge in [0.1, 0.15) is 5.78 Å². The number of likely N-dealkylation sites (tertiary alicyclic amines) is 1. The summed E-state index contributed by atoms with van der Waals surface area (Å²) in [6.07, 6.45) is 3.31. The van der Waals surface area contributed by atoms with Crippen LogP contribution in [0.3, 0.4) is 0 Å². The first-order valence-corrected chi connectivity index (χ1v) is 6.32. The number of rotatable bonds is 3. The Morgan fingerprint density at radius 3 is 2.07 bits per heavy atom. The van der Waals surface area contributed by atoms with Crippen molar-refractivity contribution >= 4 is 5.78 Å². The molecule has 0 N–H and O–H groups in total. The second-order valence-corrected chi connectivity index (χ2v) is 4.46. The van der Waals surface area contributed by atoms with Crippen molar-refractivity contribution in [3.8, 4) is 0 Å². The highest BCUT2D eigenvalue weighted by atomic mass is 16.1. The Morgan fingerprint density at radius 1 is 1.27 bits per heavy atom. The third-order valence-electron chi connectivity index (χ3n) is 3.35. The lowest BCUT2D eigenvalue weighted by atomic mass is 9.77. The van der Waals surface area contributed by atoms with E-state index in [1.54, 1.807) is 6.92 Å². The van der Waals surface area contributed by atoms with Crippen LogP contribution in [0.1, 0.15) is 53.9 Å². The van der Waals surface area contributed by atoms with Crippen molar-refractivity contribution in [1.82, 2.24) is 4.90 Å². The van der Waals surface area contributed by atoms with E-state index in [9.17, 15) is 4.79 Å². The molecule has 1 saturated heterocycles. The maximum atomic E-state index is 11.4. The van der Waals surface area contributed by atoms with Crippen molar-refractivity contribution < 1.29 is 4.79 Å². The Morgan fingerprint density at radius 2 is 1.73 bits per heavy atom. The van der Waals surface area contributed by atoms with Gasteiger partial charge in [-0.25, -0.2) is 0 Å². The van der Waals surface area contributed by atoms with Gasteiger partial charge in [-0.05, 0) is 45.8 Å². The number of Topliss-reactive ketones (excluding diaryl/α,β-unsaturated/α-hetero) is 1. The molecule has 0 unspecified atom stereocenters. The molecule has 0 atom stereocenters. The molecule has 0 bridgehead atoms. The molecule has 2 nitrogen and oxygen atoms in total. The molecule has 1 rings (SSSR count). The summed E-state index contributed by atoms with van der Waals surface area (Å²) in [6.45, 7) is 13.4. The number of piperidine rings is 1. The summed E-state index contributed by atoms with van der Waals surface area (Å²) >= 11 is 0. The standard InChI is InChI=1S/C11H21NO.C2H6/c1-4-7-12-8-5-11(3,6-9-12)10(2)13;1-2/h4-9H2,1-3H3;1-2H3. The van der Waals surface area contributed by atoms with E-state index in [0.29, 0.717) is 5.78 Å². The van der Waals surface area contributed by atoms with E-state index < -0.39 is 0 Å². The molecule has 1 fully saturated rings. The SMILES string of the molecule is CC.CCCN1CCC(C)(C(C)=O)CC1. The van der Waals surface area contributed by atoms with Crippen LogP contribution in [0.4, 0.5) is 0 Å². The van der Waals surface area contributed by atoms with E-state index >= 15 is 0 Å². The lowest BCUT2D eigenvalue weighted by Gasteiger charge is -2.37. The fraction of sp³-hybridized carbons (Fsp3) is 0.923. The van der Waals surface area contributed by atoms with Crippen LogP contribution in [-0.4, -0.2) is 30.3 Å². The van der Waals surface area contributed by atoms with Gasteiger partial charge < -0.3 is 4.90 Å². The van der Waals surface area contributed by atoms with Gasteiger partial charge in [-0.15, -0.1) is 0 Å². The molecule has 15 heavy (non-hydrogen) atoms. The zero-order chi connectivity index (χ0) is 11.9. The lowest BCUT2D eigenvalue weighted by Crippen LogP contribution is -2.42. The summed E-state index contributed by atoms with van der Waals surface area (Å²) in [4.78, 5) is 13.8. The highest BCUT2D eigenvalue weighted by molar-refractivity contribution is 5.82. The molecule has 0 saturated carbocycles. The van der Waals surface area contributed by atoms with Crippen LogP contribution >= 0.6 is 0 Å². The van der Waals surface area contributed by atoms with Gasteiger partial charge >= 0.3 is 0 Å².